The van der Waals surface area contributed by atoms with Gasteiger partial charge in [-0.2, -0.15) is 0 Å². The summed E-state index contributed by atoms with van der Waals surface area (Å²) in [5.74, 6) is 0. The Hall–Kier alpha value is -1.34. The Kier molecular flexibility index (Phi) is 3.84. The molecule has 0 bridgehead atoms. The number of hydrogen-bond acceptors (Lipinski definition) is 6. The van der Waals surface area contributed by atoms with E-state index in [4.69, 9.17) is 4.18 Å². The number of carbonyl (C=O) groups excluding carboxylic acids is 1. The Morgan fingerprint density at radius 2 is 2.16 bits per heavy atom. The molecule has 7 heteroatoms. The molecule has 0 aliphatic carbocycles. The van der Waals surface area contributed by atoms with E-state index < -0.39 is 0 Å². The number of hydrogen-bond donors (Lipinski definition) is 0. The van der Waals surface area contributed by atoms with Crippen molar-refractivity contribution < 1.29 is 8.98 Å². The van der Waals surface area contributed by atoms with Crippen LogP contribution in [0.2, 0.25) is 0 Å². The lowest BCUT2D eigenvalue weighted by Gasteiger charge is -2.25. The SMILES string of the molecule is O=C(OSc1cccc2nnsc12)N1CCCCC1. The van der Waals surface area contributed by atoms with Crippen LogP contribution in [0, 0.1) is 0 Å². The molecule has 5 nitrogen and oxygen atoms in total. The molecule has 0 saturated carbocycles. The Labute approximate surface area is 119 Å². The fourth-order valence-electron chi connectivity index (χ4n) is 2.06. The zero-order chi connectivity index (χ0) is 13.1. The average molecular weight is 295 g/mol. The van der Waals surface area contributed by atoms with Crippen molar-refractivity contribution in [2.45, 2.75) is 24.2 Å². The van der Waals surface area contributed by atoms with E-state index in [1.165, 1.54) is 18.0 Å². The van der Waals surface area contributed by atoms with Gasteiger partial charge in [-0.25, -0.2) is 4.79 Å². The predicted molar refractivity (Wildman–Crippen MR) is 75.2 cm³/mol. The molecule has 100 valence electrons. The topological polar surface area (TPSA) is 55.3 Å². The molecule has 0 radical (unpaired) electrons. The first-order chi connectivity index (χ1) is 9.34. The van der Waals surface area contributed by atoms with Crippen molar-refractivity contribution in [3.63, 3.8) is 0 Å². The van der Waals surface area contributed by atoms with E-state index >= 15 is 0 Å². The Bertz CT molecular complexity index is 581. The molecular formula is C12H13N3O2S2. The van der Waals surface area contributed by atoms with Crippen molar-refractivity contribution in [3.8, 4) is 0 Å². The van der Waals surface area contributed by atoms with Gasteiger partial charge in [0.05, 0.1) is 21.6 Å². The van der Waals surface area contributed by atoms with Gasteiger partial charge in [0.1, 0.15) is 5.52 Å². The third-order valence-corrected chi connectivity index (χ3v) is 4.71. The van der Waals surface area contributed by atoms with Crippen molar-refractivity contribution in [3.05, 3.63) is 18.2 Å². The maximum absolute atomic E-state index is 11.9. The van der Waals surface area contributed by atoms with Crippen LogP contribution in [0.15, 0.2) is 23.1 Å². The Balaban J connectivity index is 1.65. The number of aromatic nitrogens is 2. The van der Waals surface area contributed by atoms with Crippen LogP contribution in [-0.2, 0) is 4.18 Å². The van der Waals surface area contributed by atoms with E-state index in [1.807, 2.05) is 18.2 Å². The summed E-state index contributed by atoms with van der Waals surface area (Å²) in [4.78, 5) is 14.6. The number of amides is 1. The fourth-order valence-corrected chi connectivity index (χ4v) is 3.42. The number of piperidine rings is 1. The number of nitrogens with zero attached hydrogens (tertiary/aromatic N) is 3. The Morgan fingerprint density at radius 1 is 1.32 bits per heavy atom. The van der Waals surface area contributed by atoms with Crippen molar-refractivity contribution in [2.24, 2.45) is 0 Å². The first-order valence-corrected chi connectivity index (χ1v) is 7.70. The van der Waals surface area contributed by atoms with E-state index in [0.29, 0.717) is 0 Å². The maximum Gasteiger partial charge on any atom is 0.422 e. The van der Waals surface area contributed by atoms with Gasteiger partial charge >= 0.3 is 6.09 Å². The minimum Gasteiger partial charge on any atom is -0.370 e. The molecule has 1 saturated heterocycles. The molecular weight excluding hydrogens is 282 g/mol. The summed E-state index contributed by atoms with van der Waals surface area (Å²) in [6.45, 7) is 1.59. The fraction of sp³-hybridized carbons (Fsp3) is 0.417. The zero-order valence-corrected chi connectivity index (χ0v) is 11.9. The molecule has 19 heavy (non-hydrogen) atoms. The van der Waals surface area contributed by atoms with Crippen molar-refractivity contribution in [1.82, 2.24) is 14.5 Å². The molecule has 0 unspecified atom stereocenters. The van der Waals surface area contributed by atoms with E-state index in [9.17, 15) is 4.79 Å². The van der Waals surface area contributed by atoms with Crippen LogP contribution in [0.1, 0.15) is 19.3 Å². The second-order valence-corrected chi connectivity index (χ2v) is 5.88. The minimum atomic E-state index is -0.251. The molecule has 1 aliphatic heterocycles. The van der Waals surface area contributed by atoms with Gasteiger partial charge in [-0.1, -0.05) is 10.6 Å². The molecule has 1 amide bonds. The second-order valence-electron chi connectivity index (χ2n) is 4.36. The van der Waals surface area contributed by atoms with Crippen LogP contribution in [0.5, 0.6) is 0 Å². The number of benzene rings is 1. The number of rotatable bonds is 2. The van der Waals surface area contributed by atoms with E-state index in [-0.39, 0.29) is 6.09 Å². The quantitative estimate of drug-likeness (QED) is 0.795. The number of carbonyl (C=O) groups is 1. The van der Waals surface area contributed by atoms with Crippen LogP contribution < -0.4 is 0 Å². The van der Waals surface area contributed by atoms with Crippen molar-refractivity contribution >= 4 is 39.9 Å². The van der Waals surface area contributed by atoms with E-state index in [0.717, 1.165) is 53.1 Å². The highest BCUT2D eigenvalue weighted by atomic mass is 32.2. The van der Waals surface area contributed by atoms with Gasteiger partial charge in [0.25, 0.3) is 0 Å². The lowest BCUT2D eigenvalue weighted by Crippen LogP contribution is -2.34. The highest BCUT2D eigenvalue weighted by Crippen LogP contribution is 2.30. The first-order valence-electron chi connectivity index (χ1n) is 6.19. The summed E-state index contributed by atoms with van der Waals surface area (Å²) in [7, 11) is 0. The van der Waals surface area contributed by atoms with Gasteiger partial charge in [-0.05, 0) is 42.9 Å². The van der Waals surface area contributed by atoms with Gasteiger partial charge in [-0.3, -0.25) is 0 Å². The monoisotopic (exact) mass is 295 g/mol. The zero-order valence-electron chi connectivity index (χ0n) is 10.2. The number of fused-ring (bicyclic) bond motifs is 1. The molecule has 3 rings (SSSR count). The standard InChI is InChI=1S/C12H13N3O2S2/c16-12(15-7-2-1-3-8-15)17-19-10-6-4-5-9-11(10)18-14-13-9/h4-6H,1-3,7-8H2. The molecule has 2 heterocycles. The van der Waals surface area contributed by atoms with Gasteiger partial charge < -0.3 is 9.08 Å². The summed E-state index contributed by atoms with van der Waals surface area (Å²) in [6, 6.07) is 5.70. The van der Waals surface area contributed by atoms with Crippen LogP contribution in [0.3, 0.4) is 0 Å². The van der Waals surface area contributed by atoms with Gasteiger partial charge in [0, 0.05) is 13.1 Å². The van der Waals surface area contributed by atoms with Crippen LogP contribution in [0.4, 0.5) is 4.79 Å². The largest absolute Gasteiger partial charge is 0.422 e. The number of likely N-dealkylation sites (tertiary alicyclic amines) is 1. The second kappa shape index (κ2) is 5.75. The third-order valence-electron chi connectivity index (χ3n) is 3.06. The summed E-state index contributed by atoms with van der Waals surface area (Å²) >= 11 is 2.41. The lowest BCUT2D eigenvalue weighted by molar-refractivity contribution is 0.150. The molecule has 1 aliphatic rings. The molecule has 0 atom stereocenters. The summed E-state index contributed by atoms with van der Waals surface area (Å²) < 4.78 is 10.2. The molecule has 0 N–H and O–H groups in total. The Morgan fingerprint density at radius 3 is 3.00 bits per heavy atom. The highest BCUT2D eigenvalue weighted by Gasteiger charge is 2.19. The molecule has 2 aromatic rings. The van der Waals surface area contributed by atoms with Crippen molar-refractivity contribution in [1.29, 1.82) is 0 Å². The average Bonchev–Trinajstić information content (AvgIpc) is 2.94. The highest BCUT2D eigenvalue weighted by molar-refractivity contribution is 7.95. The van der Waals surface area contributed by atoms with Crippen LogP contribution in [0.25, 0.3) is 10.2 Å². The maximum atomic E-state index is 11.9. The predicted octanol–water partition coefficient (Wildman–Crippen LogP) is 3.32. The molecule has 1 aromatic carbocycles. The van der Waals surface area contributed by atoms with Gasteiger partial charge in [0.15, 0.2) is 0 Å². The molecule has 1 fully saturated rings. The molecule has 0 spiro atoms. The van der Waals surface area contributed by atoms with Crippen LogP contribution in [-0.4, -0.2) is 33.7 Å². The van der Waals surface area contributed by atoms with Gasteiger partial charge in [-0.15, -0.1) is 5.10 Å². The summed E-state index contributed by atoms with van der Waals surface area (Å²) in [5, 5.41) is 4.00. The smallest absolute Gasteiger partial charge is 0.370 e. The third kappa shape index (κ3) is 2.82. The van der Waals surface area contributed by atoms with Crippen molar-refractivity contribution in [2.75, 3.05) is 13.1 Å². The summed E-state index contributed by atoms with van der Waals surface area (Å²) in [5.41, 5.74) is 0.837. The minimum absolute atomic E-state index is 0.251. The van der Waals surface area contributed by atoms with E-state index in [2.05, 4.69) is 9.59 Å². The first kappa shape index (κ1) is 12.7. The molecule has 1 aromatic heterocycles. The summed E-state index contributed by atoms with van der Waals surface area (Å²) in [6.07, 6.45) is 3.07. The van der Waals surface area contributed by atoms with Crippen LogP contribution >= 0.6 is 23.6 Å². The normalized spacial score (nSPS) is 15.7. The van der Waals surface area contributed by atoms with Gasteiger partial charge in [0.2, 0.25) is 0 Å². The lowest BCUT2D eigenvalue weighted by atomic mass is 10.1. The van der Waals surface area contributed by atoms with E-state index in [1.54, 1.807) is 4.90 Å².